The molecule has 0 aliphatic carbocycles. The van der Waals surface area contributed by atoms with Crippen LogP contribution in [0.5, 0.6) is 0 Å². The van der Waals surface area contributed by atoms with E-state index >= 15 is 0 Å². The first-order valence-electron chi connectivity index (χ1n) is 8.27. The molecule has 2 aliphatic rings. The maximum absolute atomic E-state index is 6.07. The highest BCUT2D eigenvalue weighted by Crippen LogP contribution is 2.24. The minimum Gasteiger partial charge on any atom is -0.383 e. The van der Waals surface area contributed by atoms with Crippen molar-refractivity contribution in [3.63, 3.8) is 0 Å². The van der Waals surface area contributed by atoms with Crippen LogP contribution < -0.4 is 10.6 Å². The molecule has 0 radical (unpaired) electrons. The third-order valence-electron chi connectivity index (χ3n) is 4.93. The van der Waals surface area contributed by atoms with E-state index in [1.54, 1.807) is 4.52 Å². The number of nitrogen functional groups attached to an aromatic ring is 1. The van der Waals surface area contributed by atoms with E-state index in [-0.39, 0.29) is 0 Å². The molecule has 0 spiro atoms. The number of fused-ring (bicyclic) bond motifs is 1. The van der Waals surface area contributed by atoms with E-state index < -0.39 is 0 Å². The van der Waals surface area contributed by atoms with E-state index in [9.17, 15) is 0 Å². The third-order valence-corrected chi connectivity index (χ3v) is 4.93. The van der Waals surface area contributed by atoms with Crippen molar-refractivity contribution in [2.24, 2.45) is 0 Å². The standard InChI is InChI=1S/C15H23N7O/c1-11-9-20(12-2-6-23-7-3-12)4-5-21(11)14-8-13(16)22-15(19-14)17-10-18-22/h8,10-12H,2-7,9,16H2,1H3/t11-/m1/s1. The topological polar surface area (TPSA) is 84.8 Å². The van der Waals surface area contributed by atoms with Gasteiger partial charge in [-0.25, -0.2) is 0 Å². The number of piperazine rings is 1. The second-order valence-corrected chi connectivity index (χ2v) is 6.39. The van der Waals surface area contributed by atoms with E-state index in [0.717, 1.165) is 51.5 Å². The molecule has 0 amide bonds. The van der Waals surface area contributed by atoms with Crippen LogP contribution in [0, 0.1) is 0 Å². The fraction of sp³-hybridized carbons (Fsp3) is 0.667. The summed E-state index contributed by atoms with van der Waals surface area (Å²) in [5.41, 5.74) is 6.07. The Morgan fingerprint density at radius 3 is 2.87 bits per heavy atom. The van der Waals surface area contributed by atoms with Gasteiger partial charge in [-0.05, 0) is 19.8 Å². The third kappa shape index (κ3) is 2.72. The van der Waals surface area contributed by atoms with Crippen molar-refractivity contribution < 1.29 is 4.74 Å². The summed E-state index contributed by atoms with van der Waals surface area (Å²) in [5, 5.41) is 4.08. The van der Waals surface area contributed by atoms with E-state index in [1.165, 1.54) is 6.33 Å². The summed E-state index contributed by atoms with van der Waals surface area (Å²) in [6.45, 7) is 7.08. The molecular weight excluding hydrogens is 294 g/mol. The zero-order chi connectivity index (χ0) is 15.8. The predicted molar refractivity (Wildman–Crippen MR) is 87.4 cm³/mol. The molecule has 4 rings (SSSR count). The maximum Gasteiger partial charge on any atom is 0.256 e. The van der Waals surface area contributed by atoms with Crippen molar-refractivity contribution in [1.82, 2.24) is 24.5 Å². The van der Waals surface area contributed by atoms with E-state index in [4.69, 9.17) is 10.5 Å². The van der Waals surface area contributed by atoms with Gasteiger partial charge in [0.15, 0.2) is 0 Å². The Balaban J connectivity index is 1.51. The first-order valence-corrected chi connectivity index (χ1v) is 8.27. The van der Waals surface area contributed by atoms with Gasteiger partial charge in [0.1, 0.15) is 18.0 Å². The lowest BCUT2D eigenvalue weighted by Crippen LogP contribution is -2.56. The molecule has 1 atom stereocenters. The average Bonchev–Trinajstić information content (AvgIpc) is 3.04. The predicted octanol–water partition coefficient (Wildman–Crippen LogP) is 0.396. The minimum absolute atomic E-state index is 0.392. The van der Waals surface area contributed by atoms with Gasteiger partial charge in [0.2, 0.25) is 0 Å². The van der Waals surface area contributed by atoms with Gasteiger partial charge in [-0.2, -0.15) is 19.6 Å². The van der Waals surface area contributed by atoms with Crippen molar-refractivity contribution in [3.05, 3.63) is 12.4 Å². The molecule has 2 aromatic heterocycles. The molecule has 2 aliphatic heterocycles. The number of ether oxygens (including phenoxy) is 1. The second-order valence-electron chi connectivity index (χ2n) is 6.39. The van der Waals surface area contributed by atoms with Crippen LogP contribution in [0.4, 0.5) is 11.6 Å². The Morgan fingerprint density at radius 2 is 2.09 bits per heavy atom. The van der Waals surface area contributed by atoms with Crippen LogP contribution in [0.1, 0.15) is 19.8 Å². The quantitative estimate of drug-likeness (QED) is 0.858. The summed E-state index contributed by atoms with van der Waals surface area (Å²) < 4.78 is 7.04. The highest BCUT2D eigenvalue weighted by atomic mass is 16.5. The summed E-state index contributed by atoms with van der Waals surface area (Å²) >= 11 is 0. The van der Waals surface area contributed by atoms with Crippen LogP contribution in [0.25, 0.3) is 5.78 Å². The molecule has 0 aromatic carbocycles. The van der Waals surface area contributed by atoms with E-state index in [2.05, 4.69) is 31.8 Å². The first-order chi connectivity index (χ1) is 11.2. The molecule has 8 nitrogen and oxygen atoms in total. The lowest BCUT2D eigenvalue weighted by Gasteiger charge is -2.44. The SMILES string of the molecule is C[C@@H]1CN(C2CCOCC2)CCN1c1cc(N)n2ncnc2n1. The lowest BCUT2D eigenvalue weighted by molar-refractivity contribution is 0.0279. The number of rotatable bonds is 2. The molecule has 2 N–H and O–H groups in total. The number of nitrogens with zero attached hydrogens (tertiary/aromatic N) is 6. The summed E-state index contributed by atoms with van der Waals surface area (Å²) in [4.78, 5) is 13.7. The van der Waals surface area contributed by atoms with Crippen molar-refractivity contribution in [2.45, 2.75) is 31.8 Å². The fourth-order valence-corrected chi connectivity index (χ4v) is 3.68. The Hall–Kier alpha value is -1.93. The molecule has 0 saturated carbocycles. The summed E-state index contributed by atoms with van der Waals surface area (Å²) in [7, 11) is 0. The van der Waals surface area contributed by atoms with Gasteiger partial charge in [0.25, 0.3) is 5.78 Å². The van der Waals surface area contributed by atoms with Gasteiger partial charge < -0.3 is 15.4 Å². The van der Waals surface area contributed by atoms with Gasteiger partial charge in [-0.15, -0.1) is 0 Å². The number of hydrogen-bond acceptors (Lipinski definition) is 7. The molecule has 124 valence electrons. The molecule has 2 aromatic rings. The maximum atomic E-state index is 6.07. The number of aromatic nitrogens is 4. The summed E-state index contributed by atoms with van der Waals surface area (Å²) in [5.74, 6) is 2.02. The molecule has 8 heteroatoms. The van der Waals surface area contributed by atoms with Crippen molar-refractivity contribution in [3.8, 4) is 0 Å². The smallest absolute Gasteiger partial charge is 0.256 e. The molecule has 23 heavy (non-hydrogen) atoms. The minimum atomic E-state index is 0.392. The van der Waals surface area contributed by atoms with E-state index in [0.29, 0.717) is 23.7 Å². The van der Waals surface area contributed by atoms with Crippen LogP contribution in [0.15, 0.2) is 12.4 Å². The molecular formula is C15H23N7O. The number of nitrogens with two attached hydrogens (primary N) is 1. The highest BCUT2D eigenvalue weighted by molar-refractivity contribution is 5.54. The molecule has 0 unspecified atom stereocenters. The zero-order valence-corrected chi connectivity index (χ0v) is 13.4. The van der Waals surface area contributed by atoms with Crippen molar-refractivity contribution >= 4 is 17.4 Å². The Bertz CT molecular complexity index is 682. The lowest BCUT2D eigenvalue weighted by atomic mass is 10.0. The van der Waals surface area contributed by atoms with E-state index in [1.807, 2.05) is 6.07 Å². The van der Waals surface area contributed by atoms with Crippen molar-refractivity contribution in [2.75, 3.05) is 43.5 Å². The Morgan fingerprint density at radius 1 is 1.26 bits per heavy atom. The fourth-order valence-electron chi connectivity index (χ4n) is 3.68. The normalized spacial score (nSPS) is 24.4. The van der Waals surface area contributed by atoms with Crippen LogP contribution in [0.3, 0.4) is 0 Å². The van der Waals surface area contributed by atoms with Crippen molar-refractivity contribution in [1.29, 1.82) is 0 Å². The Kier molecular flexibility index (Phi) is 3.78. The molecule has 2 fully saturated rings. The molecule has 2 saturated heterocycles. The number of anilines is 2. The van der Waals surface area contributed by atoms with Gasteiger partial charge in [0, 0.05) is 51.0 Å². The summed E-state index contributed by atoms with van der Waals surface area (Å²) in [6, 6.07) is 2.94. The second kappa shape index (κ2) is 5.93. The Labute approximate surface area is 135 Å². The zero-order valence-electron chi connectivity index (χ0n) is 13.4. The largest absolute Gasteiger partial charge is 0.383 e. The highest BCUT2D eigenvalue weighted by Gasteiger charge is 2.30. The average molecular weight is 317 g/mol. The van der Waals surface area contributed by atoms with Crippen LogP contribution in [-0.2, 0) is 4.74 Å². The van der Waals surface area contributed by atoms with Crippen LogP contribution in [0.2, 0.25) is 0 Å². The van der Waals surface area contributed by atoms with Crippen LogP contribution in [-0.4, -0.2) is 69.4 Å². The van der Waals surface area contributed by atoms with Gasteiger partial charge >= 0.3 is 0 Å². The van der Waals surface area contributed by atoms with Gasteiger partial charge in [0.05, 0.1) is 0 Å². The monoisotopic (exact) mass is 317 g/mol. The summed E-state index contributed by atoms with van der Waals surface area (Å²) in [6.07, 6.45) is 3.77. The first kappa shape index (κ1) is 14.6. The van der Waals surface area contributed by atoms with Crippen LogP contribution >= 0.6 is 0 Å². The molecule has 0 bridgehead atoms. The molecule has 4 heterocycles. The van der Waals surface area contributed by atoms with Gasteiger partial charge in [-0.3, -0.25) is 4.90 Å². The number of hydrogen-bond donors (Lipinski definition) is 1. The van der Waals surface area contributed by atoms with Gasteiger partial charge in [-0.1, -0.05) is 0 Å².